The summed E-state index contributed by atoms with van der Waals surface area (Å²) in [7, 11) is 0. The van der Waals surface area contributed by atoms with Gasteiger partial charge >= 0.3 is 0 Å². The van der Waals surface area contributed by atoms with Gasteiger partial charge in [-0.1, -0.05) is 24.3 Å². The summed E-state index contributed by atoms with van der Waals surface area (Å²) in [5.74, 6) is -0.578. The first-order chi connectivity index (χ1) is 15.1. The van der Waals surface area contributed by atoms with Crippen molar-refractivity contribution in [3.05, 3.63) is 83.7 Å². The fourth-order valence-electron chi connectivity index (χ4n) is 3.72. The molecule has 1 saturated heterocycles. The number of nitrogens with zero attached hydrogens (tertiary/aromatic N) is 4. The first-order valence-electron chi connectivity index (χ1n) is 10.3. The molecule has 0 atom stereocenters. The van der Waals surface area contributed by atoms with Gasteiger partial charge in [-0.15, -0.1) is 0 Å². The van der Waals surface area contributed by atoms with E-state index in [4.69, 9.17) is 0 Å². The number of likely N-dealkylation sites (tertiary alicyclic amines) is 1. The van der Waals surface area contributed by atoms with Gasteiger partial charge in [-0.05, 0) is 48.2 Å². The standard InChI is InChI=1S/C23H24FN5O2/c24-21-7-5-20(6-8-21)23(31)28-11-9-19(10-12-28)22(30)26-13-17-1-3-18(4-2-17)14-29-16-25-15-27-29/h1-8,15-16,19H,9-14H2,(H,26,30). The topological polar surface area (TPSA) is 80.1 Å². The predicted molar refractivity (Wildman–Crippen MR) is 112 cm³/mol. The van der Waals surface area contributed by atoms with Gasteiger partial charge in [-0.3, -0.25) is 9.59 Å². The smallest absolute Gasteiger partial charge is 0.253 e. The molecule has 2 aromatic carbocycles. The minimum atomic E-state index is -0.364. The van der Waals surface area contributed by atoms with Crippen molar-refractivity contribution in [2.75, 3.05) is 13.1 Å². The van der Waals surface area contributed by atoms with Crippen molar-refractivity contribution in [2.24, 2.45) is 5.92 Å². The van der Waals surface area contributed by atoms with Crippen LogP contribution in [0.2, 0.25) is 0 Å². The summed E-state index contributed by atoms with van der Waals surface area (Å²) in [6, 6.07) is 13.6. The summed E-state index contributed by atoms with van der Waals surface area (Å²) < 4.78 is 14.8. The molecule has 8 heteroatoms. The molecule has 7 nitrogen and oxygen atoms in total. The molecule has 0 radical (unpaired) electrons. The van der Waals surface area contributed by atoms with Crippen LogP contribution in [0.4, 0.5) is 4.39 Å². The van der Waals surface area contributed by atoms with Crippen LogP contribution in [0.3, 0.4) is 0 Å². The van der Waals surface area contributed by atoms with Gasteiger partial charge in [0.15, 0.2) is 0 Å². The Morgan fingerprint density at radius 2 is 1.68 bits per heavy atom. The largest absolute Gasteiger partial charge is 0.352 e. The van der Waals surface area contributed by atoms with E-state index >= 15 is 0 Å². The van der Waals surface area contributed by atoms with Crippen molar-refractivity contribution in [1.29, 1.82) is 0 Å². The Balaban J connectivity index is 1.23. The van der Waals surface area contributed by atoms with Crippen LogP contribution in [-0.4, -0.2) is 44.6 Å². The zero-order valence-electron chi connectivity index (χ0n) is 17.1. The summed E-state index contributed by atoms with van der Waals surface area (Å²) in [6.07, 6.45) is 4.42. The number of rotatable bonds is 6. The Morgan fingerprint density at radius 1 is 1.00 bits per heavy atom. The van der Waals surface area contributed by atoms with Crippen LogP contribution in [0.25, 0.3) is 0 Å². The molecule has 0 saturated carbocycles. The number of carbonyl (C=O) groups is 2. The summed E-state index contributed by atoms with van der Waals surface area (Å²) in [6.45, 7) is 2.16. The van der Waals surface area contributed by atoms with Crippen molar-refractivity contribution >= 4 is 11.8 Å². The van der Waals surface area contributed by atoms with E-state index < -0.39 is 0 Å². The Hall–Kier alpha value is -3.55. The molecule has 1 aliphatic heterocycles. The highest BCUT2D eigenvalue weighted by atomic mass is 19.1. The average Bonchev–Trinajstić information content (AvgIpc) is 3.32. The second-order valence-electron chi connectivity index (χ2n) is 7.70. The van der Waals surface area contributed by atoms with Crippen LogP contribution >= 0.6 is 0 Å². The fourth-order valence-corrected chi connectivity index (χ4v) is 3.72. The molecule has 1 aliphatic rings. The van der Waals surface area contributed by atoms with E-state index in [1.165, 1.54) is 30.6 Å². The number of halogens is 1. The number of nitrogens with one attached hydrogen (secondary N) is 1. The summed E-state index contributed by atoms with van der Waals surface area (Å²) >= 11 is 0. The van der Waals surface area contributed by atoms with Crippen LogP contribution in [0.15, 0.2) is 61.2 Å². The van der Waals surface area contributed by atoms with Gasteiger partial charge in [0.2, 0.25) is 5.91 Å². The quantitative estimate of drug-likeness (QED) is 0.664. The summed E-state index contributed by atoms with van der Waals surface area (Å²) in [5, 5.41) is 7.10. The molecular weight excluding hydrogens is 397 g/mol. The molecule has 2 heterocycles. The minimum absolute atomic E-state index is 0.0144. The van der Waals surface area contributed by atoms with Crippen LogP contribution in [0, 0.1) is 11.7 Å². The van der Waals surface area contributed by atoms with E-state index in [9.17, 15) is 14.0 Å². The molecule has 1 aromatic heterocycles. The van der Waals surface area contributed by atoms with Crippen LogP contribution in [-0.2, 0) is 17.9 Å². The van der Waals surface area contributed by atoms with Gasteiger partial charge in [0.1, 0.15) is 18.5 Å². The van der Waals surface area contributed by atoms with Crippen molar-refractivity contribution < 1.29 is 14.0 Å². The lowest BCUT2D eigenvalue weighted by atomic mass is 9.95. The highest BCUT2D eigenvalue weighted by molar-refractivity contribution is 5.94. The molecule has 0 spiro atoms. The molecular formula is C23H24FN5O2. The number of hydrogen-bond acceptors (Lipinski definition) is 4. The van der Waals surface area contributed by atoms with Crippen molar-refractivity contribution in [3.8, 4) is 0 Å². The molecule has 160 valence electrons. The highest BCUT2D eigenvalue weighted by Gasteiger charge is 2.27. The van der Waals surface area contributed by atoms with Crippen LogP contribution in [0.1, 0.15) is 34.3 Å². The van der Waals surface area contributed by atoms with E-state index in [1.54, 1.807) is 15.9 Å². The Bertz CT molecular complexity index is 1010. The lowest BCUT2D eigenvalue weighted by Crippen LogP contribution is -2.42. The first kappa shape index (κ1) is 20.7. The highest BCUT2D eigenvalue weighted by Crippen LogP contribution is 2.20. The molecule has 0 aliphatic carbocycles. The summed E-state index contributed by atoms with van der Waals surface area (Å²) in [5.41, 5.74) is 2.61. The van der Waals surface area contributed by atoms with E-state index in [2.05, 4.69) is 15.4 Å². The molecule has 0 unspecified atom stereocenters. The third-order valence-corrected chi connectivity index (χ3v) is 5.54. The van der Waals surface area contributed by atoms with Gasteiger partial charge in [-0.2, -0.15) is 5.10 Å². The lowest BCUT2D eigenvalue weighted by Gasteiger charge is -2.31. The van der Waals surface area contributed by atoms with Gasteiger partial charge in [-0.25, -0.2) is 14.1 Å². The molecule has 2 amide bonds. The van der Waals surface area contributed by atoms with Gasteiger partial charge in [0.05, 0.1) is 6.54 Å². The van der Waals surface area contributed by atoms with E-state index in [-0.39, 0.29) is 23.5 Å². The van der Waals surface area contributed by atoms with E-state index in [0.29, 0.717) is 44.6 Å². The number of aromatic nitrogens is 3. The van der Waals surface area contributed by atoms with E-state index in [0.717, 1.165) is 11.1 Å². The zero-order chi connectivity index (χ0) is 21.6. The molecule has 4 rings (SSSR count). The Labute approximate surface area is 179 Å². The maximum atomic E-state index is 13.0. The molecule has 1 fully saturated rings. The van der Waals surface area contributed by atoms with Gasteiger partial charge in [0.25, 0.3) is 5.91 Å². The Kier molecular flexibility index (Phi) is 6.35. The third kappa shape index (κ3) is 5.33. The second-order valence-corrected chi connectivity index (χ2v) is 7.70. The first-order valence-corrected chi connectivity index (χ1v) is 10.3. The predicted octanol–water partition coefficient (Wildman–Crippen LogP) is 2.63. The molecule has 0 bridgehead atoms. The van der Waals surface area contributed by atoms with Crippen molar-refractivity contribution in [1.82, 2.24) is 25.0 Å². The normalized spacial score (nSPS) is 14.4. The maximum absolute atomic E-state index is 13.0. The maximum Gasteiger partial charge on any atom is 0.253 e. The minimum Gasteiger partial charge on any atom is -0.352 e. The second kappa shape index (κ2) is 9.51. The molecule has 3 aromatic rings. The number of amides is 2. The number of carbonyl (C=O) groups excluding carboxylic acids is 2. The SMILES string of the molecule is O=C(NCc1ccc(Cn2cncn2)cc1)C1CCN(C(=O)c2ccc(F)cc2)CC1. The number of piperidine rings is 1. The monoisotopic (exact) mass is 421 g/mol. The van der Waals surface area contributed by atoms with Gasteiger partial charge in [0, 0.05) is 31.1 Å². The van der Waals surface area contributed by atoms with Crippen LogP contribution in [0.5, 0.6) is 0 Å². The van der Waals surface area contributed by atoms with Crippen LogP contribution < -0.4 is 5.32 Å². The van der Waals surface area contributed by atoms with E-state index in [1.807, 2.05) is 24.3 Å². The Morgan fingerprint density at radius 3 is 2.32 bits per heavy atom. The van der Waals surface area contributed by atoms with Crippen molar-refractivity contribution in [3.63, 3.8) is 0 Å². The van der Waals surface area contributed by atoms with Crippen molar-refractivity contribution in [2.45, 2.75) is 25.9 Å². The average molecular weight is 421 g/mol. The number of hydrogen-bond donors (Lipinski definition) is 1. The summed E-state index contributed by atoms with van der Waals surface area (Å²) in [4.78, 5) is 30.7. The number of benzene rings is 2. The van der Waals surface area contributed by atoms with Gasteiger partial charge < -0.3 is 10.2 Å². The molecule has 31 heavy (non-hydrogen) atoms. The zero-order valence-corrected chi connectivity index (χ0v) is 17.1. The molecule has 1 N–H and O–H groups in total. The fraction of sp³-hybridized carbons (Fsp3) is 0.304. The lowest BCUT2D eigenvalue weighted by molar-refractivity contribution is -0.126. The third-order valence-electron chi connectivity index (χ3n) is 5.54.